The van der Waals surface area contributed by atoms with Gasteiger partial charge in [0.05, 0.1) is 11.8 Å². The number of hydrogen-bond donors (Lipinski definition) is 2. The van der Waals surface area contributed by atoms with E-state index in [1.807, 2.05) is 6.07 Å². The molecular weight excluding hydrogens is 328 g/mol. The lowest BCUT2D eigenvalue weighted by Crippen LogP contribution is -2.57. The van der Waals surface area contributed by atoms with Crippen molar-refractivity contribution in [2.24, 2.45) is 0 Å². The fraction of sp³-hybridized carbons (Fsp3) is 0.250. The van der Waals surface area contributed by atoms with E-state index < -0.39 is 22.0 Å². The van der Waals surface area contributed by atoms with Crippen LogP contribution in [0.5, 0.6) is 0 Å². The second kappa shape index (κ2) is 6.98. The Kier molecular flexibility index (Phi) is 4.77. The molecule has 0 radical (unpaired) electrons. The monoisotopic (exact) mass is 346 g/mol. The molecule has 0 saturated carbocycles. The van der Waals surface area contributed by atoms with Crippen molar-refractivity contribution in [3.8, 4) is 0 Å². The highest BCUT2D eigenvalue weighted by Gasteiger charge is 2.36. The van der Waals surface area contributed by atoms with Crippen LogP contribution in [0.15, 0.2) is 54.7 Å². The van der Waals surface area contributed by atoms with E-state index in [-0.39, 0.29) is 5.75 Å². The van der Waals surface area contributed by atoms with Crippen LogP contribution in [0.2, 0.25) is 0 Å². The first kappa shape index (κ1) is 16.4. The predicted molar refractivity (Wildman–Crippen MR) is 90.2 cm³/mol. The van der Waals surface area contributed by atoms with Gasteiger partial charge in [0.2, 0.25) is 0 Å². The van der Waals surface area contributed by atoms with Gasteiger partial charge >= 0.3 is 0 Å². The number of amides is 1. The van der Waals surface area contributed by atoms with E-state index in [0.29, 0.717) is 28.8 Å². The second-order valence-electron chi connectivity index (χ2n) is 5.47. The maximum atomic E-state index is 12.8. The molecule has 1 aliphatic heterocycles. The van der Waals surface area contributed by atoms with Gasteiger partial charge in [0.15, 0.2) is 0 Å². The average Bonchev–Trinajstić information content (AvgIpc) is 2.52. The van der Waals surface area contributed by atoms with Crippen molar-refractivity contribution >= 4 is 21.7 Å². The highest BCUT2D eigenvalue weighted by atomic mass is 32.2. The quantitative estimate of drug-likeness (QED) is 0.762. The Morgan fingerprint density at radius 1 is 1.21 bits per heavy atom. The zero-order chi connectivity index (χ0) is 17.0. The third kappa shape index (κ3) is 3.72. The van der Waals surface area contributed by atoms with E-state index in [1.54, 1.807) is 42.5 Å². The molecule has 7 nitrogen and oxygen atoms in total. The summed E-state index contributed by atoms with van der Waals surface area (Å²) in [6.07, 6.45) is 2.14. The second-order valence-corrected chi connectivity index (χ2v) is 7.28. The van der Waals surface area contributed by atoms with Crippen LogP contribution in [-0.4, -0.2) is 36.3 Å². The molecule has 1 atom stereocenters. The molecule has 0 aliphatic carbocycles. The van der Waals surface area contributed by atoms with E-state index in [0.717, 1.165) is 0 Å². The van der Waals surface area contributed by atoms with Crippen LogP contribution in [0, 0.1) is 0 Å². The zero-order valence-corrected chi connectivity index (χ0v) is 13.7. The summed E-state index contributed by atoms with van der Waals surface area (Å²) >= 11 is 0. The van der Waals surface area contributed by atoms with Crippen molar-refractivity contribution in [3.05, 3.63) is 60.3 Å². The van der Waals surface area contributed by atoms with Crippen LogP contribution < -0.4 is 10.7 Å². The molecular formula is C16H18N4O3S. The summed E-state index contributed by atoms with van der Waals surface area (Å²) in [6, 6.07) is 13.3. The minimum atomic E-state index is -3.90. The zero-order valence-electron chi connectivity index (χ0n) is 12.9. The summed E-state index contributed by atoms with van der Waals surface area (Å²) in [7, 11) is -3.90. The van der Waals surface area contributed by atoms with Gasteiger partial charge in [-0.05, 0) is 30.7 Å². The minimum absolute atomic E-state index is 0.272. The van der Waals surface area contributed by atoms with Crippen LogP contribution in [0.4, 0.5) is 5.82 Å². The highest BCUT2D eigenvalue weighted by Crippen LogP contribution is 2.16. The van der Waals surface area contributed by atoms with Gasteiger partial charge in [-0.15, -0.1) is 4.41 Å². The number of hydrogen-bond acceptors (Lipinski definition) is 6. The number of carbonyl (C=O) groups is 1. The molecule has 0 spiro atoms. The Balaban J connectivity index is 1.86. The van der Waals surface area contributed by atoms with Gasteiger partial charge in [0.1, 0.15) is 5.82 Å². The number of carbonyl (C=O) groups excluding carboxylic acids is 1. The van der Waals surface area contributed by atoms with Gasteiger partial charge in [0, 0.05) is 6.20 Å². The smallest absolute Gasteiger partial charge is 0.272 e. The first-order valence-corrected chi connectivity index (χ1v) is 9.19. The number of nitrogens with zero attached hydrogens (tertiary/aromatic N) is 2. The Hall–Kier alpha value is -2.45. The summed E-state index contributed by atoms with van der Waals surface area (Å²) in [4.78, 5) is 16.6. The van der Waals surface area contributed by atoms with Crippen LogP contribution in [0.3, 0.4) is 0 Å². The van der Waals surface area contributed by atoms with Crippen LogP contribution in [0.25, 0.3) is 0 Å². The van der Waals surface area contributed by atoms with E-state index in [2.05, 4.69) is 15.7 Å². The van der Waals surface area contributed by atoms with Crippen molar-refractivity contribution in [1.29, 1.82) is 0 Å². The topological polar surface area (TPSA) is 91.4 Å². The SMILES string of the molecule is O=C(C1CCN1)N(Nc1ccccn1)S(=O)(=O)Cc1ccccc1. The van der Waals surface area contributed by atoms with Gasteiger partial charge in [0.25, 0.3) is 15.9 Å². The molecule has 1 amide bonds. The molecule has 3 rings (SSSR count). The molecule has 1 unspecified atom stereocenters. The van der Waals surface area contributed by atoms with Crippen molar-refractivity contribution in [1.82, 2.24) is 14.7 Å². The number of anilines is 1. The summed E-state index contributed by atoms with van der Waals surface area (Å²) in [6.45, 7) is 0.701. The lowest BCUT2D eigenvalue weighted by Gasteiger charge is -2.32. The van der Waals surface area contributed by atoms with Crippen molar-refractivity contribution in [3.63, 3.8) is 0 Å². The van der Waals surface area contributed by atoms with Crippen LogP contribution in [-0.2, 0) is 20.6 Å². The van der Waals surface area contributed by atoms with E-state index in [4.69, 9.17) is 0 Å². The fourth-order valence-corrected chi connectivity index (χ4v) is 3.66. The lowest BCUT2D eigenvalue weighted by atomic mass is 10.1. The largest absolute Gasteiger partial charge is 0.306 e. The first-order valence-electron chi connectivity index (χ1n) is 7.58. The minimum Gasteiger partial charge on any atom is -0.306 e. The van der Waals surface area contributed by atoms with E-state index >= 15 is 0 Å². The molecule has 24 heavy (non-hydrogen) atoms. The number of rotatable bonds is 6. The Bertz CT molecular complexity index is 793. The molecule has 2 heterocycles. The normalized spacial score (nSPS) is 16.9. The summed E-state index contributed by atoms with van der Waals surface area (Å²) < 4.78 is 26.3. The van der Waals surface area contributed by atoms with Gasteiger partial charge < -0.3 is 5.32 Å². The maximum Gasteiger partial charge on any atom is 0.272 e. The fourth-order valence-electron chi connectivity index (χ4n) is 2.29. The van der Waals surface area contributed by atoms with Crippen LogP contribution >= 0.6 is 0 Å². The molecule has 1 aromatic carbocycles. The standard InChI is InChI=1S/C16H18N4O3S/c21-16(14-9-11-17-14)20(19-15-8-4-5-10-18-15)24(22,23)12-13-6-2-1-3-7-13/h1-8,10,14,17H,9,11-12H2,(H,18,19). The Labute approximate surface area is 140 Å². The third-order valence-electron chi connectivity index (χ3n) is 3.67. The van der Waals surface area contributed by atoms with E-state index in [9.17, 15) is 13.2 Å². The van der Waals surface area contributed by atoms with Gasteiger partial charge in [-0.25, -0.2) is 13.4 Å². The number of hydrazine groups is 1. The van der Waals surface area contributed by atoms with Gasteiger partial charge in [-0.3, -0.25) is 10.2 Å². The molecule has 2 N–H and O–H groups in total. The van der Waals surface area contributed by atoms with Crippen LogP contribution in [0.1, 0.15) is 12.0 Å². The first-order chi connectivity index (χ1) is 11.6. The number of pyridine rings is 1. The summed E-state index contributed by atoms with van der Waals surface area (Å²) in [5, 5.41) is 2.93. The third-order valence-corrected chi connectivity index (χ3v) is 5.20. The molecule has 1 aromatic heterocycles. The lowest BCUT2D eigenvalue weighted by molar-refractivity contribution is -0.129. The molecule has 0 bridgehead atoms. The molecule has 2 aromatic rings. The highest BCUT2D eigenvalue weighted by molar-refractivity contribution is 7.88. The number of benzene rings is 1. The molecule has 1 saturated heterocycles. The summed E-state index contributed by atoms with van der Waals surface area (Å²) in [5.41, 5.74) is 3.24. The number of sulfonamides is 1. The molecule has 1 aliphatic rings. The Morgan fingerprint density at radius 2 is 1.92 bits per heavy atom. The summed E-state index contributed by atoms with van der Waals surface area (Å²) in [5.74, 6) is -0.504. The van der Waals surface area contributed by atoms with Crippen molar-refractivity contribution in [2.45, 2.75) is 18.2 Å². The van der Waals surface area contributed by atoms with Gasteiger partial charge in [-0.1, -0.05) is 36.4 Å². The molecule has 8 heteroatoms. The Morgan fingerprint density at radius 3 is 2.50 bits per heavy atom. The predicted octanol–water partition coefficient (Wildman–Crippen LogP) is 1.13. The number of aromatic nitrogens is 1. The van der Waals surface area contributed by atoms with Crippen molar-refractivity contribution < 1.29 is 13.2 Å². The van der Waals surface area contributed by atoms with Gasteiger partial charge in [-0.2, -0.15) is 0 Å². The number of nitrogens with one attached hydrogen (secondary N) is 2. The molecule has 126 valence electrons. The molecule has 1 fully saturated rings. The van der Waals surface area contributed by atoms with E-state index in [1.165, 1.54) is 6.20 Å². The maximum absolute atomic E-state index is 12.8. The van der Waals surface area contributed by atoms with Crippen molar-refractivity contribution in [2.75, 3.05) is 12.0 Å². The average molecular weight is 346 g/mol.